The zero-order valence-electron chi connectivity index (χ0n) is 18.3. The summed E-state index contributed by atoms with van der Waals surface area (Å²) in [4.78, 5) is 51.8. The Morgan fingerprint density at radius 3 is 2.48 bits per heavy atom. The van der Waals surface area contributed by atoms with Crippen molar-refractivity contribution in [1.29, 1.82) is 0 Å². The number of hydrogen-bond acceptors (Lipinski definition) is 6. The lowest BCUT2D eigenvalue weighted by molar-refractivity contribution is -0.150. The summed E-state index contributed by atoms with van der Waals surface area (Å²) in [5.41, 5.74) is 2.17. The number of carbonyl (C=O) groups excluding carboxylic acids is 4. The van der Waals surface area contributed by atoms with Gasteiger partial charge in [-0.3, -0.25) is 9.59 Å². The van der Waals surface area contributed by atoms with Crippen LogP contribution in [0.15, 0.2) is 54.7 Å². The second-order valence-electron chi connectivity index (χ2n) is 7.24. The van der Waals surface area contributed by atoms with Gasteiger partial charge in [0.05, 0.1) is 17.9 Å². The summed E-state index contributed by atoms with van der Waals surface area (Å²) in [5.74, 6) is -2.35. The molecule has 2 aromatic carbocycles. The molecule has 0 aliphatic rings. The molecule has 0 aliphatic heterocycles. The van der Waals surface area contributed by atoms with Crippen LogP contribution in [0, 0.1) is 0 Å². The molecule has 0 saturated heterocycles. The quantitative estimate of drug-likeness (QED) is 0.429. The minimum atomic E-state index is -0.971. The Balaban J connectivity index is 1.64. The van der Waals surface area contributed by atoms with E-state index < -0.39 is 36.4 Å². The van der Waals surface area contributed by atoms with Crippen LogP contribution in [0.25, 0.3) is 10.9 Å². The van der Waals surface area contributed by atoms with Gasteiger partial charge in [0.2, 0.25) is 5.91 Å². The van der Waals surface area contributed by atoms with E-state index in [2.05, 4.69) is 15.6 Å². The van der Waals surface area contributed by atoms with Crippen LogP contribution >= 0.6 is 0 Å². The first-order valence-electron chi connectivity index (χ1n) is 10.4. The average molecular weight is 451 g/mol. The summed E-state index contributed by atoms with van der Waals surface area (Å²) in [6.07, 6.45) is 1.96. The number of fused-ring (bicyclic) bond motifs is 1. The van der Waals surface area contributed by atoms with Gasteiger partial charge < -0.3 is 25.1 Å². The molecule has 2 amide bonds. The lowest BCUT2D eigenvalue weighted by atomic mass is 10.0. The summed E-state index contributed by atoms with van der Waals surface area (Å²) in [5, 5.41) is 6.04. The number of carbonyl (C=O) groups is 4. The Kier molecular flexibility index (Phi) is 7.80. The molecule has 1 atom stereocenters. The second kappa shape index (κ2) is 10.9. The SMILES string of the molecule is CCOC(=O)c1ccccc1NC(=O)COC(=O)[C@H](Cc1c[nH]c2ccccc12)NC(C)=O. The summed E-state index contributed by atoms with van der Waals surface area (Å²) >= 11 is 0. The van der Waals surface area contributed by atoms with Crippen LogP contribution in [0.4, 0.5) is 5.69 Å². The molecule has 0 saturated carbocycles. The number of aromatic amines is 1. The molecule has 0 unspecified atom stereocenters. The molecule has 0 fully saturated rings. The molecular formula is C24H25N3O6. The predicted molar refractivity (Wildman–Crippen MR) is 122 cm³/mol. The minimum Gasteiger partial charge on any atom is -0.462 e. The molecule has 1 aromatic heterocycles. The highest BCUT2D eigenvalue weighted by Gasteiger charge is 2.24. The maximum atomic E-state index is 12.7. The van der Waals surface area contributed by atoms with Gasteiger partial charge in [-0.05, 0) is 30.7 Å². The Bertz CT molecular complexity index is 1170. The van der Waals surface area contributed by atoms with Crippen molar-refractivity contribution in [2.45, 2.75) is 26.3 Å². The number of H-pyrrole nitrogens is 1. The number of hydrogen-bond donors (Lipinski definition) is 3. The zero-order chi connectivity index (χ0) is 23.8. The van der Waals surface area contributed by atoms with Crippen molar-refractivity contribution >= 4 is 40.3 Å². The normalized spacial score (nSPS) is 11.5. The van der Waals surface area contributed by atoms with Gasteiger partial charge in [0.25, 0.3) is 5.91 Å². The molecule has 3 N–H and O–H groups in total. The maximum Gasteiger partial charge on any atom is 0.340 e. The largest absolute Gasteiger partial charge is 0.462 e. The number of amides is 2. The van der Waals surface area contributed by atoms with Gasteiger partial charge in [-0.2, -0.15) is 0 Å². The van der Waals surface area contributed by atoms with E-state index in [-0.39, 0.29) is 24.3 Å². The summed E-state index contributed by atoms with van der Waals surface area (Å²) in [6.45, 7) is 2.59. The van der Waals surface area contributed by atoms with Crippen LogP contribution < -0.4 is 10.6 Å². The summed E-state index contributed by atoms with van der Waals surface area (Å²) in [7, 11) is 0. The van der Waals surface area contributed by atoms with Crippen molar-refractivity contribution in [2.75, 3.05) is 18.5 Å². The van der Waals surface area contributed by atoms with Crippen LogP contribution in [-0.4, -0.2) is 48.0 Å². The fourth-order valence-corrected chi connectivity index (χ4v) is 3.36. The third-order valence-corrected chi connectivity index (χ3v) is 4.80. The highest BCUT2D eigenvalue weighted by atomic mass is 16.5. The monoisotopic (exact) mass is 451 g/mol. The fourth-order valence-electron chi connectivity index (χ4n) is 3.36. The molecule has 1 heterocycles. The van der Waals surface area contributed by atoms with Gasteiger partial charge >= 0.3 is 11.9 Å². The Morgan fingerprint density at radius 1 is 1.00 bits per heavy atom. The highest BCUT2D eigenvalue weighted by Crippen LogP contribution is 2.20. The van der Waals surface area contributed by atoms with E-state index in [9.17, 15) is 19.2 Å². The van der Waals surface area contributed by atoms with Crippen LogP contribution in [0.3, 0.4) is 0 Å². The van der Waals surface area contributed by atoms with Crippen molar-refractivity contribution in [2.24, 2.45) is 0 Å². The van der Waals surface area contributed by atoms with E-state index in [4.69, 9.17) is 9.47 Å². The number of anilines is 1. The van der Waals surface area contributed by atoms with Gasteiger partial charge in [-0.1, -0.05) is 30.3 Å². The van der Waals surface area contributed by atoms with Crippen LogP contribution in [-0.2, 0) is 30.3 Å². The molecule has 0 spiro atoms. The molecule has 0 radical (unpaired) electrons. The van der Waals surface area contributed by atoms with Crippen molar-refractivity contribution in [3.05, 3.63) is 65.9 Å². The van der Waals surface area contributed by atoms with Gasteiger partial charge in [0, 0.05) is 30.4 Å². The second-order valence-corrected chi connectivity index (χ2v) is 7.24. The summed E-state index contributed by atoms with van der Waals surface area (Å²) < 4.78 is 10.1. The zero-order valence-corrected chi connectivity index (χ0v) is 18.3. The summed E-state index contributed by atoms with van der Waals surface area (Å²) in [6, 6.07) is 13.0. The number of benzene rings is 2. The maximum absolute atomic E-state index is 12.7. The number of esters is 2. The predicted octanol–water partition coefficient (Wildman–Crippen LogP) is 2.57. The number of aromatic nitrogens is 1. The molecule has 0 bridgehead atoms. The average Bonchev–Trinajstić information content (AvgIpc) is 3.20. The third-order valence-electron chi connectivity index (χ3n) is 4.80. The van der Waals surface area contributed by atoms with Gasteiger partial charge in [-0.25, -0.2) is 9.59 Å². The molecule has 33 heavy (non-hydrogen) atoms. The fraction of sp³-hybridized carbons (Fsp3) is 0.250. The number of ether oxygens (including phenoxy) is 2. The molecule has 0 aliphatic carbocycles. The van der Waals surface area contributed by atoms with E-state index in [0.29, 0.717) is 0 Å². The van der Waals surface area contributed by atoms with E-state index in [1.807, 2.05) is 24.3 Å². The third kappa shape index (κ3) is 6.19. The van der Waals surface area contributed by atoms with Crippen molar-refractivity contribution < 1.29 is 28.7 Å². The molecule has 3 rings (SSSR count). The van der Waals surface area contributed by atoms with Crippen molar-refractivity contribution in [3.8, 4) is 0 Å². The lowest BCUT2D eigenvalue weighted by Gasteiger charge is -2.17. The molecule has 172 valence electrons. The van der Waals surface area contributed by atoms with E-state index in [1.54, 1.807) is 31.3 Å². The minimum absolute atomic E-state index is 0.189. The van der Waals surface area contributed by atoms with Gasteiger partial charge in [0.15, 0.2) is 6.61 Å². The first-order chi connectivity index (χ1) is 15.9. The molecule has 9 nitrogen and oxygen atoms in total. The molecule has 9 heteroatoms. The van der Waals surface area contributed by atoms with Crippen LogP contribution in [0.1, 0.15) is 29.8 Å². The van der Waals surface area contributed by atoms with Crippen molar-refractivity contribution in [3.63, 3.8) is 0 Å². The van der Waals surface area contributed by atoms with Gasteiger partial charge in [0.1, 0.15) is 6.04 Å². The first-order valence-corrected chi connectivity index (χ1v) is 10.4. The van der Waals surface area contributed by atoms with E-state index in [1.165, 1.54) is 13.0 Å². The Morgan fingerprint density at radius 2 is 1.73 bits per heavy atom. The van der Waals surface area contributed by atoms with Gasteiger partial charge in [-0.15, -0.1) is 0 Å². The lowest BCUT2D eigenvalue weighted by Crippen LogP contribution is -2.43. The molecular weight excluding hydrogens is 426 g/mol. The molecule has 3 aromatic rings. The first kappa shape index (κ1) is 23.5. The van der Waals surface area contributed by atoms with Crippen LogP contribution in [0.5, 0.6) is 0 Å². The highest BCUT2D eigenvalue weighted by molar-refractivity contribution is 6.02. The smallest absolute Gasteiger partial charge is 0.340 e. The Hall–Kier alpha value is -4.14. The standard InChI is InChI=1S/C24H25N3O6/c1-3-32-23(30)18-9-5-7-11-20(18)27-22(29)14-33-24(31)21(26-15(2)28)12-16-13-25-19-10-6-4-8-17(16)19/h4-11,13,21,25H,3,12,14H2,1-2H3,(H,26,28)(H,27,29)/t21-/m0/s1. The van der Waals surface area contributed by atoms with E-state index >= 15 is 0 Å². The number of nitrogens with one attached hydrogen (secondary N) is 3. The number of para-hydroxylation sites is 2. The Labute approximate surface area is 190 Å². The topological polar surface area (TPSA) is 127 Å². The van der Waals surface area contributed by atoms with Crippen molar-refractivity contribution in [1.82, 2.24) is 10.3 Å². The number of rotatable bonds is 9. The van der Waals surface area contributed by atoms with E-state index in [0.717, 1.165) is 16.5 Å². The van der Waals surface area contributed by atoms with Crippen LogP contribution in [0.2, 0.25) is 0 Å².